The molecular formula is C19H27N3O6. The Morgan fingerprint density at radius 3 is 2.25 bits per heavy atom. The van der Waals surface area contributed by atoms with Gasteiger partial charge in [-0.2, -0.15) is 0 Å². The van der Waals surface area contributed by atoms with E-state index >= 15 is 0 Å². The summed E-state index contributed by atoms with van der Waals surface area (Å²) in [6.45, 7) is 4.79. The highest BCUT2D eigenvalue weighted by molar-refractivity contribution is 5.90. The number of carboxylic acids is 1. The number of aliphatic carboxylic acids is 1. The monoisotopic (exact) mass is 393 g/mol. The minimum absolute atomic E-state index is 0.0653. The maximum Gasteiger partial charge on any atom is 0.408 e. The lowest BCUT2D eigenvalue weighted by molar-refractivity contribution is -0.142. The highest BCUT2D eigenvalue weighted by Crippen LogP contribution is 2.04. The number of hydrogen-bond acceptors (Lipinski definition) is 5. The van der Waals surface area contributed by atoms with E-state index in [1.165, 1.54) is 6.92 Å². The number of carboxylic acid groups (broad SMARTS) is 1. The van der Waals surface area contributed by atoms with Crippen LogP contribution in [0.2, 0.25) is 0 Å². The van der Waals surface area contributed by atoms with Gasteiger partial charge in [-0.25, -0.2) is 9.59 Å². The summed E-state index contributed by atoms with van der Waals surface area (Å²) in [6, 6.07) is 7.11. The van der Waals surface area contributed by atoms with Crippen molar-refractivity contribution >= 4 is 23.9 Å². The lowest BCUT2D eigenvalue weighted by Gasteiger charge is -2.17. The van der Waals surface area contributed by atoms with Gasteiger partial charge in [-0.15, -0.1) is 0 Å². The first-order valence-corrected chi connectivity index (χ1v) is 8.96. The van der Waals surface area contributed by atoms with Gasteiger partial charge in [0, 0.05) is 0 Å². The molecule has 9 nitrogen and oxygen atoms in total. The Morgan fingerprint density at radius 1 is 1.04 bits per heavy atom. The number of rotatable bonds is 10. The van der Waals surface area contributed by atoms with Crippen molar-refractivity contribution in [2.45, 2.75) is 45.9 Å². The zero-order valence-corrected chi connectivity index (χ0v) is 16.2. The van der Waals surface area contributed by atoms with E-state index in [2.05, 4.69) is 16.0 Å². The highest BCUT2D eigenvalue weighted by atomic mass is 16.5. The molecule has 0 aliphatic rings. The molecule has 0 saturated heterocycles. The summed E-state index contributed by atoms with van der Waals surface area (Å²) in [4.78, 5) is 46.7. The minimum Gasteiger partial charge on any atom is -0.480 e. The molecule has 0 unspecified atom stereocenters. The van der Waals surface area contributed by atoms with E-state index in [4.69, 9.17) is 9.84 Å². The molecule has 9 heteroatoms. The average Bonchev–Trinajstić information content (AvgIpc) is 2.64. The smallest absolute Gasteiger partial charge is 0.408 e. The first-order chi connectivity index (χ1) is 13.2. The van der Waals surface area contributed by atoms with Crippen molar-refractivity contribution in [3.63, 3.8) is 0 Å². The van der Waals surface area contributed by atoms with Crippen LogP contribution in [0, 0.1) is 5.92 Å². The van der Waals surface area contributed by atoms with Crippen LogP contribution in [-0.4, -0.2) is 47.6 Å². The largest absolute Gasteiger partial charge is 0.480 e. The topological polar surface area (TPSA) is 134 Å². The fraction of sp³-hybridized carbons (Fsp3) is 0.474. The summed E-state index contributed by atoms with van der Waals surface area (Å²) in [7, 11) is 0. The highest BCUT2D eigenvalue weighted by Gasteiger charge is 2.22. The van der Waals surface area contributed by atoms with E-state index < -0.39 is 42.5 Å². The molecule has 2 atom stereocenters. The molecule has 0 aliphatic heterocycles. The van der Waals surface area contributed by atoms with Gasteiger partial charge >= 0.3 is 12.1 Å². The number of amides is 3. The number of nitrogens with one attached hydrogen (secondary N) is 3. The number of carbonyl (C=O) groups is 4. The van der Waals surface area contributed by atoms with Crippen LogP contribution >= 0.6 is 0 Å². The number of alkyl carbamates (subject to hydrolysis) is 1. The molecule has 0 aliphatic carbocycles. The van der Waals surface area contributed by atoms with E-state index in [-0.39, 0.29) is 18.9 Å². The maximum absolute atomic E-state index is 12.0. The van der Waals surface area contributed by atoms with Crippen LogP contribution in [0.25, 0.3) is 0 Å². The summed E-state index contributed by atoms with van der Waals surface area (Å²) >= 11 is 0. The third kappa shape index (κ3) is 9.02. The van der Waals surface area contributed by atoms with Gasteiger partial charge in [-0.1, -0.05) is 44.2 Å². The van der Waals surface area contributed by atoms with Gasteiger partial charge in [-0.05, 0) is 24.8 Å². The lowest BCUT2D eigenvalue weighted by atomic mass is 10.0. The molecule has 4 N–H and O–H groups in total. The van der Waals surface area contributed by atoms with Crippen LogP contribution in [-0.2, 0) is 25.7 Å². The standard InChI is InChI=1S/C19H27N3O6/c1-12(2)9-15(18(25)26)22-16(23)10-20-17(24)13(3)21-19(27)28-11-14-7-5-4-6-8-14/h4-8,12-13,15H,9-11H2,1-3H3,(H,20,24)(H,21,27)(H,22,23)(H,25,26)/t13-,15-/m0/s1. The minimum atomic E-state index is -1.13. The predicted molar refractivity (Wildman–Crippen MR) is 101 cm³/mol. The second kappa shape index (κ2) is 11.6. The lowest BCUT2D eigenvalue weighted by Crippen LogP contribution is -2.50. The normalized spacial score (nSPS) is 12.6. The SMILES string of the molecule is CC(C)C[C@H](NC(=O)CNC(=O)[C@H](C)NC(=O)OCc1ccccc1)C(=O)O. The van der Waals surface area contributed by atoms with E-state index in [9.17, 15) is 19.2 Å². The van der Waals surface area contributed by atoms with Gasteiger partial charge in [0.2, 0.25) is 11.8 Å². The van der Waals surface area contributed by atoms with Gasteiger partial charge in [0.1, 0.15) is 18.7 Å². The van der Waals surface area contributed by atoms with Crippen LogP contribution in [0.3, 0.4) is 0 Å². The molecule has 154 valence electrons. The Kier molecular flexibility index (Phi) is 9.49. The molecule has 0 saturated carbocycles. The number of carbonyl (C=O) groups excluding carboxylic acids is 3. The molecular weight excluding hydrogens is 366 g/mol. The first-order valence-electron chi connectivity index (χ1n) is 8.96. The van der Waals surface area contributed by atoms with Gasteiger partial charge in [0.15, 0.2) is 0 Å². The van der Waals surface area contributed by atoms with Gasteiger partial charge in [-0.3, -0.25) is 9.59 Å². The Balaban J connectivity index is 2.35. The molecule has 0 fully saturated rings. The van der Waals surface area contributed by atoms with Gasteiger partial charge < -0.3 is 25.8 Å². The third-order valence-corrected chi connectivity index (χ3v) is 3.70. The Bertz CT molecular complexity index is 678. The number of hydrogen-bond donors (Lipinski definition) is 4. The predicted octanol–water partition coefficient (Wildman–Crippen LogP) is 1.03. The van der Waals surface area contributed by atoms with Crippen LogP contribution < -0.4 is 16.0 Å². The maximum atomic E-state index is 12.0. The van der Waals surface area contributed by atoms with E-state index in [0.717, 1.165) is 5.56 Å². The fourth-order valence-corrected chi connectivity index (χ4v) is 2.27. The third-order valence-electron chi connectivity index (χ3n) is 3.70. The van der Waals surface area contributed by atoms with E-state index in [1.54, 1.807) is 12.1 Å². The molecule has 1 aromatic carbocycles. The summed E-state index contributed by atoms with van der Waals surface area (Å²) in [5.41, 5.74) is 0.806. The summed E-state index contributed by atoms with van der Waals surface area (Å²) < 4.78 is 5.02. The number of ether oxygens (including phenoxy) is 1. The van der Waals surface area contributed by atoms with E-state index in [0.29, 0.717) is 0 Å². The summed E-state index contributed by atoms with van der Waals surface area (Å²) in [5.74, 6) is -2.27. The van der Waals surface area contributed by atoms with Crippen molar-refractivity contribution in [3.8, 4) is 0 Å². The molecule has 3 amide bonds. The van der Waals surface area contributed by atoms with Crippen molar-refractivity contribution in [1.29, 1.82) is 0 Å². The van der Waals surface area contributed by atoms with Crippen LogP contribution in [0.4, 0.5) is 4.79 Å². The molecule has 0 spiro atoms. The molecule has 1 rings (SSSR count). The molecule has 1 aromatic rings. The van der Waals surface area contributed by atoms with Crippen molar-refractivity contribution in [1.82, 2.24) is 16.0 Å². The van der Waals surface area contributed by atoms with Crippen LogP contribution in [0.1, 0.15) is 32.8 Å². The van der Waals surface area contributed by atoms with Gasteiger partial charge in [0.05, 0.1) is 6.54 Å². The molecule has 0 aromatic heterocycles. The second-order valence-electron chi connectivity index (χ2n) is 6.73. The number of benzene rings is 1. The van der Waals surface area contributed by atoms with Crippen molar-refractivity contribution in [2.24, 2.45) is 5.92 Å². The molecule has 0 radical (unpaired) electrons. The quantitative estimate of drug-likeness (QED) is 0.469. The van der Waals surface area contributed by atoms with Crippen LogP contribution in [0.5, 0.6) is 0 Å². The Labute approximate surface area is 163 Å². The fourth-order valence-electron chi connectivity index (χ4n) is 2.27. The zero-order valence-electron chi connectivity index (χ0n) is 16.2. The Morgan fingerprint density at radius 2 is 1.68 bits per heavy atom. The van der Waals surface area contributed by atoms with Crippen molar-refractivity contribution < 1.29 is 29.0 Å². The van der Waals surface area contributed by atoms with Crippen molar-refractivity contribution in [2.75, 3.05) is 6.54 Å². The van der Waals surface area contributed by atoms with Crippen molar-refractivity contribution in [3.05, 3.63) is 35.9 Å². The van der Waals surface area contributed by atoms with Gasteiger partial charge in [0.25, 0.3) is 0 Å². The first kappa shape index (κ1) is 22.9. The average molecular weight is 393 g/mol. The molecule has 28 heavy (non-hydrogen) atoms. The molecule has 0 bridgehead atoms. The zero-order chi connectivity index (χ0) is 21.1. The second-order valence-corrected chi connectivity index (χ2v) is 6.73. The van der Waals surface area contributed by atoms with E-state index in [1.807, 2.05) is 32.0 Å². The van der Waals surface area contributed by atoms with Crippen LogP contribution in [0.15, 0.2) is 30.3 Å². The Hall–Kier alpha value is -3.10. The summed E-state index contributed by atoms with van der Waals surface area (Å²) in [6.07, 6.45) is -0.487. The summed E-state index contributed by atoms with van der Waals surface area (Å²) in [5, 5.41) is 16.2. The molecule has 0 heterocycles.